The number of alkyl halides is 3. The molecular formula is C24H28F3N5O4S. The van der Waals surface area contributed by atoms with Crippen molar-refractivity contribution in [1.82, 2.24) is 24.6 Å². The Kier molecular flexibility index (Phi) is 7.74. The van der Waals surface area contributed by atoms with Crippen molar-refractivity contribution >= 4 is 23.2 Å². The summed E-state index contributed by atoms with van der Waals surface area (Å²) < 4.78 is 39.3. The number of amides is 1. The van der Waals surface area contributed by atoms with Gasteiger partial charge < -0.3 is 14.4 Å². The highest BCUT2D eigenvalue weighted by atomic mass is 32.1. The molecule has 200 valence electrons. The molecule has 2 aliphatic heterocycles. The van der Waals surface area contributed by atoms with E-state index < -0.39 is 17.6 Å². The molecule has 2 saturated heterocycles. The Labute approximate surface area is 215 Å². The molecule has 5 heterocycles. The second-order valence-electron chi connectivity index (χ2n) is 9.33. The number of piperidine rings is 1. The van der Waals surface area contributed by atoms with Crippen LogP contribution in [0.3, 0.4) is 0 Å². The minimum atomic E-state index is -5.08. The van der Waals surface area contributed by atoms with E-state index in [9.17, 15) is 18.0 Å². The number of halogens is 3. The zero-order valence-corrected chi connectivity index (χ0v) is 21.3. The minimum Gasteiger partial charge on any atom is -0.475 e. The Bertz CT molecular complexity index is 1230. The number of aliphatic carboxylic acids is 1. The van der Waals surface area contributed by atoms with Crippen molar-refractivity contribution in [1.29, 1.82) is 0 Å². The fourth-order valence-electron chi connectivity index (χ4n) is 5.26. The molecule has 13 heteroatoms. The lowest BCUT2D eigenvalue weighted by Crippen LogP contribution is -2.52. The summed E-state index contributed by atoms with van der Waals surface area (Å²) in [6.07, 6.45) is 0.380. The van der Waals surface area contributed by atoms with Gasteiger partial charge in [0.2, 0.25) is 5.91 Å². The first-order valence-corrected chi connectivity index (χ1v) is 12.6. The van der Waals surface area contributed by atoms with Crippen molar-refractivity contribution in [2.75, 3.05) is 19.6 Å². The number of carbonyl (C=O) groups excluding carboxylic acids is 1. The van der Waals surface area contributed by atoms with Crippen molar-refractivity contribution in [3.63, 3.8) is 0 Å². The van der Waals surface area contributed by atoms with Crippen molar-refractivity contribution in [3.8, 4) is 0 Å². The number of carboxylic acids is 1. The number of furan rings is 1. The van der Waals surface area contributed by atoms with Crippen LogP contribution in [0, 0.1) is 12.3 Å². The topological polar surface area (TPSA) is 105 Å². The van der Waals surface area contributed by atoms with Gasteiger partial charge in [0.15, 0.2) is 0 Å². The lowest BCUT2D eigenvalue weighted by atomic mass is 9.70. The summed E-state index contributed by atoms with van der Waals surface area (Å²) in [6.45, 7) is 5.70. The number of carboxylic acid groups (broad SMARTS) is 1. The summed E-state index contributed by atoms with van der Waals surface area (Å²) in [6, 6.07) is 5.99. The van der Waals surface area contributed by atoms with E-state index in [0.29, 0.717) is 6.54 Å². The lowest BCUT2D eigenvalue weighted by Gasteiger charge is -2.42. The van der Waals surface area contributed by atoms with E-state index in [1.165, 1.54) is 0 Å². The Balaban J connectivity index is 0.000000405. The predicted octanol–water partition coefficient (Wildman–Crippen LogP) is 3.82. The van der Waals surface area contributed by atoms with Gasteiger partial charge in [0.1, 0.15) is 5.76 Å². The third-order valence-electron chi connectivity index (χ3n) is 6.81. The van der Waals surface area contributed by atoms with Crippen molar-refractivity contribution in [2.45, 2.75) is 44.9 Å². The second kappa shape index (κ2) is 10.7. The fraction of sp³-hybridized carbons (Fsp3) is 0.500. The van der Waals surface area contributed by atoms with E-state index in [4.69, 9.17) is 14.3 Å². The van der Waals surface area contributed by atoms with Gasteiger partial charge in [-0.3, -0.25) is 14.4 Å². The molecule has 1 amide bonds. The first kappa shape index (κ1) is 26.9. The molecule has 0 radical (unpaired) electrons. The molecule has 0 bridgehead atoms. The molecule has 1 spiro atoms. The Morgan fingerprint density at radius 1 is 1.32 bits per heavy atom. The molecule has 37 heavy (non-hydrogen) atoms. The van der Waals surface area contributed by atoms with Crippen molar-refractivity contribution < 1.29 is 32.3 Å². The monoisotopic (exact) mass is 539 g/mol. The van der Waals surface area contributed by atoms with Crippen LogP contribution < -0.4 is 0 Å². The van der Waals surface area contributed by atoms with E-state index in [1.54, 1.807) is 17.6 Å². The maximum Gasteiger partial charge on any atom is 0.490 e. The normalized spacial score (nSPS) is 22.4. The van der Waals surface area contributed by atoms with Gasteiger partial charge in [0, 0.05) is 49.9 Å². The lowest BCUT2D eigenvalue weighted by molar-refractivity contribution is -0.192. The molecule has 5 rings (SSSR count). The highest BCUT2D eigenvalue weighted by molar-refractivity contribution is 7.09. The average molecular weight is 540 g/mol. The molecule has 0 aliphatic carbocycles. The SMILES string of the molecule is Cc1nc(CN2CCC[C@]3(CN(Cc4ccco4)C[C@H]3c3ccnn3C)C2=O)cs1.O=C(O)C(F)(F)F. The number of hydrogen-bond donors (Lipinski definition) is 1. The van der Waals surface area contributed by atoms with Crippen LogP contribution in [-0.4, -0.2) is 67.4 Å². The largest absolute Gasteiger partial charge is 0.490 e. The smallest absolute Gasteiger partial charge is 0.475 e. The zero-order chi connectivity index (χ0) is 26.8. The van der Waals surface area contributed by atoms with Crippen LogP contribution in [0.1, 0.15) is 40.9 Å². The quantitative estimate of drug-likeness (QED) is 0.526. The Hall–Kier alpha value is -3.19. The molecule has 2 fully saturated rings. The maximum absolute atomic E-state index is 13.9. The molecule has 0 saturated carbocycles. The molecule has 1 N–H and O–H groups in total. The van der Waals surface area contributed by atoms with Crippen LogP contribution in [0.25, 0.3) is 0 Å². The Morgan fingerprint density at radius 2 is 2.08 bits per heavy atom. The van der Waals surface area contributed by atoms with Gasteiger partial charge in [0.25, 0.3) is 0 Å². The summed E-state index contributed by atoms with van der Waals surface area (Å²) in [5, 5.41) is 14.6. The fourth-order valence-corrected chi connectivity index (χ4v) is 5.86. The van der Waals surface area contributed by atoms with Crippen LogP contribution in [-0.2, 0) is 29.7 Å². The first-order valence-electron chi connectivity index (χ1n) is 11.7. The standard InChI is InChI=1S/C22H27N5O2S.C2HF3O2/c1-16-24-17(14-30-16)11-27-9-4-7-22(21(27)28)15-26(12-18-5-3-10-29-18)13-19(22)20-6-8-23-25(20)2;3-2(4,5)1(6)7/h3,5-6,8,10,14,19H,4,7,9,11-13,15H2,1-2H3;(H,6,7)/t19-,22+;/m0./s1. The number of carbonyl (C=O) groups is 2. The second-order valence-corrected chi connectivity index (χ2v) is 10.4. The summed E-state index contributed by atoms with van der Waals surface area (Å²) in [4.78, 5) is 31.8. The number of hydrogen-bond acceptors (Lipinski definition) is 7. The van der Waals surface area contributed by atoms with E-state index >= 15 is 0 Å². The van der Waals surface area contributed by atoms with Crippen molar-refractivity contribution in [3.05, 3.63) is 58.2 Å². The maximum atomic E-state index is 13.9. The van der Waals surface area contributed by atoms with Crippen LogP contribution in [0.5, 0.6) is 0 Å². The highest BCUT2D eigenvalue weighted by Crippen LogP contribution is 2.49. The predicted molar refractivity (Wildman–Crippen MR) is 128 cm³/mol. The third-order valence-corrected chi connectivity index (χ3v) is 7.64. The number of nitrogens with zero attached hydrogens (tertiary/aromatic N) is 5. The molecule has 3 aromatic rings. The van der Waals surface area contributed by atoms with Crippen LogP contribution in [0.2, 0.25) is 0 Å². The van der Waals surface area contributed by atoms with Crippen molar-refractivity contribution in [2.24, 2.45) is 12.5 Å². The average Bonchev–Trinajstić information content (AvgIpc) is 3.61. The van der Waals surface area contributed by atoms with Crippen LogP contribution in [0.15, 0.2) is 40.5 Å². The number of aromatic nitrogens is 3. The molecular weight excluding hydrogens is 511 g/mol. The van der Waals surface area contributed by atoms with Crippen LogP contribution in [0.4, 0.5) is 13.2 Å². The van der Waals surface area contributed by atoms with E-state index in [0.717, 1.165) is 61.2 Å². The molecule has 2 aliphatic rings. The molecule has 2 atom stereocenters. The van der Waals surface area contributed by atoms with Gasteiger partial charge in [-0.05, 0) is 38.0 Å². The zero-order valence-electron chi connectivity index (χ0n) is 20.4. The molecule has 0 unspecified atom stereocenters. The van der Waals surface area contributed by atoms with Crippen LogP contribution >= 0.6 is 11.3 Å². The molecule has 9 nitrogen and oxygen atoms in total. The molecule has 0 aromatic carbocycles. The minimum absolute atomic E-state index is 0.118. The van der Waals surface area contributed by atoms with Gasteiger partial charge in [-0.1, -0.05) is 0 Å². The van der Waals surface area contributed by atoms with Gasteiger partial charge in [0.05, 0.1) is 35.5 Å². The molecule has 3 aromatic heterocycles. The highest BCUT2D eigenvalue weighted by Gasteiger charge is 2.56. The summed E-state index contributed by atoms with van der Waals surface area (Å²) in [5.41, 5.74) is 1.70. The van der Waals surface area contributed by atoms with E-state index in [2.05, 4.69) is 26.4 Å². The number of thiazole rings is 1. The summed E-state index contributed by atoms with van der Waals surface area (Å²) in [5.74, 6) is -1.44. The van der Waals surface area contributed by atoms with Gasteiger partial charge in [-0.15, -0.1) is 11.3 Å². The summed E-state index contributed by atoms with van der Waals surface area (Å²) in [7, 11) is 1.97. The van der Waals surface area contributed by atoms with E-state index in [-0.39, 0.29) is 11.8 Å². The number of likely N-dealkylation sites (tertiary alicyclic amines) is 2. The summed E-state index contributed by atoms with van der Waals surface area (Å²) >= 11 is 1.64. The van der Waals surface area contributed by atoms with E-state index in [1.807, 2.05) is 41.9 Å². The number of rotatable bonds is 5. The van der Waals surface area contributed by atoms with Gasteiger partial charge in [-0.25, -0.2) is 9.78 Å². The van der Waals surface area contributed by atoms with Gasteiger partial charge in [-0.2, -0.15) is 18.3 Å². The Morgan fingerprint density at radius 3 is 2.65 bits per heavy atom. The number of aryl methyl sites for hydroxylation is 2. The van der Waals surface area contributed by atoms with Gasteiger partial charge >= 0.3 is 12.1 Å². The first-order chi connectivity index (χ1) is 17.5. The third kappa shape index (κ3) is 5.87.